The van der Waals surface area contributed by atoms with Gasteiger partial charge < -0.3 is 19.2 Å². The number of ether oxygens (including phenoxy) is 1. The van der Waals surface area contributed by atoms with Gasteiger partial charge in [-0.25, -0.2) is 0 Å². The van der Waals surface area contributed by atoms with E-state index >= 15 is 0 Å². The van der Waals surface area contributed by atoms with Crippen molar-refractivity contribution in [3.63, 3.8) is 0 Å². The van der Waals surface area contributed by atoms with E-state index in [4.69, 9.17) is 9.16 Å². The average Bonchev–Trinajstić information content (AvgIpc) is 2.85. The number of rotatable bonds is 9. The van der Waals surface area contributed by atoms with Gasteiger partial charge in [0.2, 0.25) is 0 Å². The molecule has 1 saturated heterocycles. The molecule has 1 atom stereocenters. The molecule has 3 rings (SSSR count). The van der Waals surface area contributed by atoms with Crippen LogP contribution in [0.5, 0.6) is 5.75 Å². The Morgan fingerprint density at radius 2 is 1.77 bits per heavy atom. The third kappa shape index (κ3) is 7.42. The van der Waals surface area contributed by atoms with Crippen molar-refractivity contribution in [2.45, 2.75) is 77.1 Å². The van der Waals surface area contributed by atoms with Gasteiger partial charge >= 0.3 is 0 Å². The Balaban J connectivity index is 1.51. The Morgan fingerprint density at radius 1 is 1.09 bits per heavy atom. The first-order valence-corrected chi connectivity index (χ1v) is 15.8. The van der Waals surface area contributed by atoms with E-state index in [9.17, 15) is 9.90 Å². The van der Waals surface area contributed by atoms with Crippen LogP contribution in [0.3, 0.4) is 0 Å². The molecule has 6 heteroatoms. The van der Waals surface area contributed by atoms with E-state index in [1.165, 1.54) is 11.1 Å². The largest absolute Gasteiger partial charge is 0.491 e. The van der Waals surface area contributed by atoms with Crippen molar-refractivity contribution in [1.82, 2.24) is 4.90 Å². The molecule has 1 fully saturated rings. The number of hydrogen-bond acceptors (Lipinski definition) is 4. The van der Waals surface area contributed by atoms with E-state index in [0.29, 0.717) is 17.2 Å². The van der Waals surface area contributed by atoms with Crippen molar-refractivity contribution in [2.75, 3.05) is 26.3 Å². The van der Waals surface area contributed by atoms with Crippen LogP contribution < -0.4 is 4.74 Å². The molecule has 0 saturated carbocycles. The number of likely N-dealkylation sites (tertiary alicyclic amines) is 1. The first kappa shape index (κ1) is 27.4. The van der Waals surface area contributed by atoms with E-state index < -0.39 is 14.4 Å². The van der Waals surface area contributed by atoms with Gasteiger partial charge in [0.05, 0.1) is 6.61 Å². The van der Waals surface area contributed by atoms with Gasteiger partial charge in [-0.15, -0.1) is 0 Å². The fourth-order valence-electron chi connectivity index (χ4n) is 4.15. The maximum atomic E-state index is 13.1. The fraction of sp³-hybridized carbons (Fsp3) is 0.552. The topological polar surface area (TPSA) is 59.0 Å². The Labute approximate surface area is 212 Å². The normalized spacial score (nSPS) is 16.3. The van der Waals surface area contributed by atoms with Gasteiger partial charge in [-0.05, 0) is 72.6 Å². The highest BCUT2D eigenvalue weighted by atomic mass is 28.4. The third-order valence-corrected chi connectivity index (χ3v) is 12.1. The summed E-state index contributed by atoms with van der Waals surface area (Å²) in [5.41, 5.74) is 3.39. The van der Waals surface area contributed by atoms with Crippen molar-refractivity contribution < 1.29 is 19.1 Å². The lowest BCUT2D eigenvalue weighted by Crippen LogP contribution is -2.43. The van der Waals surface area contributed by atoms with Crippen molar-refractivity contribution in [3.8, 4) is 5.75 Å². The average molecular weight is 498 g/mol. The summed E-state index contributed by atoms with van der Waals surface area (Å²) in [5, 5.41) is 10.5. The van der Waals surface area contributed by atoms with Gasteiger partial charge in [0, 0.05) is 18.7 Å². The molecule has 0 aromatic heterocycles. The number of amides is 1. The van der Waals surface area contributed by atoms with Crippen LogP contribution in [-0.2, 0) is 10.8 Å². The molecule has 192 valence electrons. The molecule has 0 radical (unpaired) electrons. The number of aryl methyl sites for hydroxylation is 1. The fourth-order valence-corrected chi connectivity index (χ4v) is 5.19. The summed E-state index contributed by atoms with van der Waals surface area (Å²) in [6, 6.07) is 16.1. The maximum absolute atomic E-state index is 13.1. The molecule has 0 aliphatic carbocycles. The van der Waals surface area contributed by atoms with Crippen LogP contribution in [-0.4, -0.2) is 56.6 Å². The number of hydrogen-bond donors (Lipinski definition) is 1. The van der Waals surface area contributed by atoms with Gasteiger partial charge in [0.1, 0.15) is 18.5 Å². The molecule has 1 heterocycles. The highest BCUT2D eigenvalue weighted by molar-refractivity contribution is 6.74. The Kier molecular flexibility index (Phi) is 9.19. The van der Waals surface area contributed by atoms with Crippen LogP contribution in [0.2, 0.25) is 18.1 Å². The maximum Gasteiger partial charge on any atom is 0.253 e. The van der Waals surface area contributed by atoms with Crippen molar-refractivity contribution in [2.24, 2.45) is 0 Å². The number of nitrogens with zero attached hydrogens (tertiary/aromatic N) is 1. The van der Waals surface area contributed by atoms with Gasteiger partial charge in [-0.2, -0.15) is 0 Å². The Morgan fingerprint density at radius 3 is 2.43 bits per heavy atom. The monoisotopic (exact) mass is 497 g/mol. The predicted molar refractivity (Wildman–Crippen MR) is 145 cm³/mol. The van der Waals surface area contributed by atoms with Crippen LogP contribution >= 0.6 is 0 Å². The molecule has 1 amide bonds. The molecule has 1 unspecified atom stereocenters. The minimum Gasteiger partial charge on any atom is -0.491 e. The lowest BCUT2D eigenvalue weighted by atomic mass is 9.88. The van der Waals surface area contributed by atoms with Crippen LogP contribution in [0, 0.1) is 0 Å². The molecule has 1 N–H and O–H groups in total. The zero-order valence-electron chi connectivity index (χ0n) is 22.3. The summed E-state index contributed by atoms with van der Waals surface area (Å²) in [6.45, 7) is 15.0. The summed E-state index contributed by atoms with van der Waals surface area (Å²) in [6.07, 6.45) is 2.30. The van der Waals surface area contributed by atoms with Gasteiger partial charge in [-0.3, -0.25) is 4.79 Å². The van der Waals surface area contributed by atoms with Crippen LogP contribution in [0.25, 0.3) is 0 Å². The van der Waals surface area contributed by atoms with Gasteiger partial charge in [0.25, 0.3) is 5.91 Å². The van der Waals surface area contributed by atoms with E-state index in [0.717, 1.165) is 32.4 Å². The second-order valence-corrected chi connectivity index (χ2v) is 16.0. The second-order valence-electron chi connectivity index (χ2n) is 11.2. The van der Waals surface area contributed by atoms with E-state index in [-0.39, 0.29) is 24.2 Å². The number of carbonyl (C=O) groups excluding carboxylic acids is 1. The second kappa shape index (κ2) is 11.7. The lowest BCUT2D eigenvalue weighted by molar-refractivity contribution is 0.0574. The minimum absolute atomic E-state index is 0.0398. The number of carbonyl (C=O) groups is 1. The van der Waals surface area contributed by atoms with Crippen molar-refractivity contribution in [3.05, 3.63) is 65.2 Å². The molecule has 35 heavy (non-hydrogen) atoms. The van der Waals surface area contributed by atoms with E-state index in [2.05, 4.69) is 65.1 Å². The van der Waals surface area contributed by atoms with Crippen LogP contribution in [0.4, 0.5) is 0 Å². The molecule has 2 aromatic carbocycles. The first-order chi connectivity index (χ1) is 16.5. The number of aliphatic hydroxyl groups excluding tert-OH is 1. The summed E-state index contributed by atoms with van der Waals surface area (Å²) in [4.78, 5) is 15.1. The zero-order valence-corrected chi connectivity index (χ0v) is 23.3. The smallest absolute Gasteiger partial charge is 0.253 e. The summed E-state index contributed by atoms with van der Waals surface area (Å²) in [5.74, 6) is 1.14. The van der Waals surface area contributed by atoms with Crippen LogP contribution in [0.15, 0.2) is 48.5 Å². The van der Waals surface area contributed by atoms with Crippen molar-refractivity contribution >= 4 is 14.2 Å². The highest BCUT2D eigenvalue weighted by Crippen LogP contribution is 2.36. The zero-order chi connectivity index (χ0) is 25.6. The quantitative estimate of drug-likeness (QED) is 0.430. The summed E-state index contributed by atoms with van der Waals surface area (Å²) < 4.78 is 11.9. The lowest BCUT2D eigenvalue weighted by Gasteiger charge is -2.36. The Hall–Kier alpha value is -2.15. The summed E-state index contributed by atoms with van der Waals surface area (Å²) >= 11 is 0. The number of aliphatic hydroxyl groups is 1. The van der Waals surface area contributed by atoms with E-state index in [1.54, 1.807) is 6.07 Å². The standard InChI is InChI=1S/C29H43NO4Si/c1-7-22-10-8-11-24(18-22)23-14-16-30(17-15-23)28(32)25-12-9-13-27(19-25)33-20-26(31)21-34-35(5,6)29(2,3)4/h8-13,18-19,23,26,31H,7,14-17,20-21H2,1-6H3. The third-order valence-electron chi connectivity index (χ3n) is 7.58. The molecular formula is C29H43NO4Si. The van der Waals surface area contributed by atoms with Gasteiger partial charge in [-0.1, -0.05) is 58.0 Å². The van der Waals surface area contributed by atoms with Gasteiger partial charge in [0.15, 0.2) is 8.32 Å². The molecule has 0 bridgehead atoms. The predicted octanol–water partition coefficient (Wildman–Crippen LogP) is 6.03. The van der Waals surface area contributed by atoms with Crippen molar-refractivity contribution in [1.29, 1.82) is 0 Å². The first-order valence-electron chi connectivity index (χ1n) is 12.9. The number of piperidine rings is 1. The molecular weight excluding hydrogens is 454 g/mol. The van der Waals surface area contributed by atoms with Crippen LogP contribution in [0.1, 0.15) is 67.9 Å². The minimum atomic E-state index is -1.92. The molecule has 5 nitrogen and oxygen atoms in total. The summed E-state index contributed by atoms with van der Waals surface area (Å²) in [7, 11) is -1.92. The Bertz CT molecular complexity index is 977. The highest BCUT2D eigenvalue weighted by Gasteiger charge is 2.37. The molecule has 2 aromatic rings. The molecule has 1 aliphatic rings. The molecule has 1 aliphatic heterocycles. The van der Waals surface area contributed by atoms with E-state index in [1.807, 2.05) is 23.1 Å². The molecule has 0 spiro atoms. The number of benzene rings is 2. The SMILES string of the molecule is CCc1cccc(C2CCN(C(=O)c3cccc(OCC(O)CO[Si](C)(C)C(C)(C)C)c3)CC2)c1.